The summed E-state index contributed by atoms with van der Waals surface area (Å²) in [6.07, 6.45) is 2.09. The molecule has 18 heavy (non-hydrogen) atoms. The summed E-state index contributed by atoms with van der Waals surface area (Å²) in [4.78, 5) is 9.76. The minimum absolute atomic E-state index is 0.200. The summed E-state index contributed by atoms with van der Waals surface area (Å²) in [6, 6.07) is 4.25. The smallest absolute Gasteiger partial charge is 0.221 e. The fourth-order valence-electron chi connectivity index (χ4n) is 1.84. The van der Waals surface area contributed by atoms with Crippen LogP contribution in [-0.4, -0.2) is 32.3 Å². The fraction of sp³-hybridized carbons (Fsp3) is 0.462. The summed E-state index contributed by atoms with van der Waals surface area (Å²) in [7, 11) is 3.55. The average Bonchev–Trinajstić information content (AvgIpc) is 2.46. The Hall–Kier alpha value is -1.43. The van der Waals surface area contributed by atoms with Crippen molar-refractivity contribution in [2.24, 2.45) is 0 Å². The normalized spacial score (nSPS) is 17.2. The molecule has 1 aromatic heterocycles. The van der Waals surface area contributed by atoms with Crippen LogP contribution >= 0.6 is 0 Å². The fourth-order valence-corrected chi connectivity index (χ4v) is 1.84. The molecule has 5 nitrogen and oxygen atoms in total. The van der Waals surface area contributed by atoms with Crippen LogP contribution < -0.4 is 15.5 Å². The zero-order valence-corrected chi connectivity index (χ0v) is 11.0. The van der Waals surface area contributed by atoms with Crippen molar-refractivity contribution in [3.63, 3.8) is 0 Å². The zero-order chi connectivity index (χ0) is 13.0. The highest BCUT2D eigenvalue weighted by Gasteiger charge is 2.15. The van der Waals surface area contributed by atoms with E-state index in [1.54, 1.807) is 7.11 Å². The van der Waals surface area contributed by atoms with Crippen molar-refractivity contribution in [1.82, 2.24) is 15.8 Å². The van der Waals surface area contributed by atoms with Crippen LogP contribution in [0.25, 0.3) is 5.57 Å². The quantitative estimate of drug-likeness (QED) is 0.842. The van der Waals surface area contributed by atoms with E-state index in [1.165, 1.54) is 0 Å². The topological polar surface area (TPSA) is 55.4 Å². The Morgan fingerprint density at radius 3 is 2.94 bits per heavy atom. The first-order valence-corrected chi connectivity index (χ1v) is 6.02. The van der Waals surface area contributed by atoms with Gasteiger partial charge in [0.25, 0.3) is 0 Å². The lowest BCUT2D eigenvalue weighted by atomic mass is 10.1. The van der Waals surface area contributed by atoms with E-state index in [2.05, 4.69) is 28.8 Å². The van der Waals surface area contributed by atoms with E-state index < -0.39 is 0 Å². The van der Waals surface area contributed by atoms with Gasteiger partial charge in [0.15, 0.2) is 0 Å². The van der Waals surface area contributed by atoms with Crippen LogP contribution in [0.3, 0.4) is 0 Å². The van der Waals surface area contributed by atoms with E-state index in [4.69, 9.17) is 9.57 Å². The van der Waals surface area contributed by atoms with Crippen LogP contribution in [0.1, 0.15) is 24.2 Å². The molecule has 0 bridgehead atoms. The molecule has 1 aliphatic rings. The van der Waals surface area contributed by atoms with E-state index in [0.717, 1.165) is 16.8 Å². The van der Waals surface area contributed by atoms with Gasteiger partial charge in [0.1, 0.15) is 0 Å². The maximum atomic E-state index is 5.38. The maximum absolute atomic E-state index is 5.38. The number of rotatable bonds is 4. The molecule has 1 aliphatic heterocycles. The molecule has 0 spiro atoms. The van der Waals surface area contributed by atoms with Gasteiger partial charge >= 0.3 is 0 Å². The van der Waals surface area contributed by atoms with E-state index in [1.807, 2.05) is 19.2 Å². The van der Waals surface area contributed by atoms with E-state index in [9.17, 15) is 0 Å². The molecule has 1 atom stereocenters. The molecule has 0 aromatic carbocycles. The van der Waals surface area contributed by atoms with Gasteiger partial charge in [-0.25, -0.2) is 4.98 Å². The van der Waals surface area contributed by atoms with Gasteiger partial charge in [-0.05, 0) is 31.7 Å². The summed E-state index contributed by atoms with van der Waals surface area (Å²) in [6.45, 7) is 3.29. The highest BCUT2D eigenvalue weighted by molar-refractivity contribution is 5.70. The van der Waals surface area contributed by atoms with Crippen LogP contribution in [0.5, 0.6) is 5.88 Å². The Bertz CT molecular complexity index is 446. The van der Waals surface area contributed by atoms with Crippen LogP contribution in [0.4, 0.5) is 0 Å². The van der Waals surface area contributed by atoms with E-state index >= 15 is 0 Å². The van der Waals surface area contributed by atoms with Gasteiger partial charge in [-0.2, -0.15) is 5.48 Å². The third-order valence-corrected chi connectivity index (χ3v) is 3.06. The second kappa shape index (κ2) is 5.95. The molecule has 0 fully saturated rings. The molecule has 2 heterocycles. The van der Waals surface area contributed by atoms with Gasteiger partial charge in [-0.3, -0.25) is 4.84 Å². The number of nitrogens with one attached hydrogen (secondary N) is 2. The summed E-state index contributed by atoms with van der Waals surface area (Å²) in [5.74, 6) is 0.645. The number of hydrogen-bond donors (Lipinski definition) is 2. The lowest BCUT2D eigenvalue weighted by Gasteiger charge is -2.18. The maximum Gasteiger partial charge on any atom is 0.221 e. The van der Waals surface area contributed by atoms with Crippen LogP contribution in [0, 0.1) is 0 Å². The average molecular weight is 249 g/mol. The molecule has 0 aliphatic carbocycles. The van der Waals surface area contributed by atoms with Crippen molar-refractivity contribution in [2.45, 2.75) is 13.0 Å². The van der Waals surface area contributed by atoms with Gasteiger partial charge in [0.2, 0.25) is 5.88 Å². The highest BCUT2D eigenvalue weighted by Crippen LogP contribution is 2.26. The first-order valence-electron chi connectivity index (χ1n) is 6.02. The molecule has 1 unspecified atom stereocenters. The second-order valence-electron chi connectivity index (χ2n) is 4.17. The van der Waals surface area contributed by atoms with Gasteiger partial charge in [-0.15, -0.1) is 0 Å². The van der Waals surface area contributed by atoms with E-state index in [0.29, 0.717) is 19.0 Å². The summed E-state index contributed by atoms with van der Waals surface area (Å²) < 4.78 is 5.38. The number of hydrogen-bond acceptors (Lipinski definition) is 5. The molecule has 1 aromatic rings. The molecule has 0 radical (unpaired) electrons. The monoisotopic (exact) mass is 249 g/mol. The second-order valence-corrected chi connectivity index (χ2v) is 4.17. The molecule has 0 amide bonds. The van der Waals surface area contributed by atoms with Crippen molar-refractivity contribution in [3.05, 3.63) is 29.5 Å². The van der Waals surface area contributed by atoms with Crippen molar-refractivity contribution < 1.29 is 9.57 Å². The number of ether oxygens (including phenoxy) is 1. The highest BCUT2D eigenvalue weighted by atomic mass is 16.6. The molecule has 0 saturated carbocycles. The van der Waals surface area contributed by atoms with Crippen molar-refractivity contribution in [2.75, 3.05) is 27.3 Å². The molecule has 2 rings (SSSR count). The molecule has 0 saturated heterocycles. The summed E-state index contributed by atoms with van der Waals surface area (Å²) in [5, 5.41) is 3.16. The Balaban J connectivity index is 2.33. The number of methoxy groups -OCH3 is 1. The van der Waals surface area contributed by atoms with Gasteiger partial charge < -0.3 is 10.1 Å². The van der Waals surface area contributed by atoms with E-state index in [-0.39, 0.29) is 6.04 Å². The Kier molecular flexibility index (Phi) is 4.30. The molecule has 2 N–H and O–H groups in total. The zero-order valence-electron chi connectivity index (χ0n) is 11.0. The van der Waals surface area contributed by atoms with Gasteiger partial charge in [0.05, 0.1) is 19.4 Å². The van der Waals surface area contributed by atoms with Crippen molar-refractivity contribution in [1.29, 1.82) is 0 Å². The standard InChI is InChI=1S/C13H19N3O2/c1-9(14-2)12-5-4-11(13(16-12)17-3)10-6-7-15-18-8-10/h4-6,9,14-15H,7-8H2,1-3H3. The Morgan fingerprint density at radius 1 is 1.50 bits per heavy atom. The van der Waals surface area contributed by atoms with Crippen LogP contribution in [0.2, 0.25) is 0 Å². The third-order valence-electron chi connectivity index (χ3n) is 3.06. The first kappa shape index (κ1) is 13.0. The van der Waals surface area contributed by atoms with Crippen molar-refractivity contribution >= 4 is 5.57 Å². The minimum atomic E-state index is 0.200. The van der Waals surface area contributed by atoms with Crippen molar-refractivity contribution in [3.8, 4) is 5.88 Å². The predicted molar refractivity (Wildman–Crippen MR) is 70.2 cm³/mol. The summed E-state index contributed by atoms with van der Waals surface area (Å²) >= 11 is 0. The number of aromatic nitrogens is 1. The van der Waals surface area contributed by atoms with Crippen LogP contribution in [-0.2, 0) is 4.84 Å². The number of pyridine rings is 1. The SMILES string of the molecule is CNC(C)c1ccc(C2=CCNOC2)c(OC)n1. The first-order chi connectivity index (χ1) is 8.76. The summed E-state index contributed by atoms with van der Waals surface area (Å²) in [5.41, 5.74) is 5.87. The number of nitrogens with zero attached hydrogens (tertiary/aromatic N) is 1. The molecular formula is C13H19N3O2. The lowest BCUT2D eigenvalue weighted by Crippen LogP contribution is -2.21. The van der Waals surface area contributed by atoms with Gasteiger partial charge in [-0.1, -0.05) is 6.08 Å². The molecular weight excluding hydrogens is 230 g/mol. The molecule has 98 valence electrons. The lowest BCUT2D eigenvalue weighted by molar-refractivity contribution is 0.0677. The van der Waals surface area contributed by atoms with Crippen LogP contribution in [0.15, 0.2) is 18.2 Å². The molecule has 5 heteroatoms. The Labute approximate surface area is 107 Å². The number of hydroxylamine groups is 1. The third kappa shape index (κ3) is 2.69. The largest absolute Gasteiger partial charge is 0.481 e. The predicted octanol–water partition coefficient (Wildman–Crippen LogP) is 1.29. The minimum Gasteiger partial charge on any atom is -0.481 e. The Morgan fingerprint density at radius 2 is 2.33 bits per heavy atom. The van der Waals surface area contributed by atoms with Gasteiger partial charge in [0, 0.05) is 18.2 Å².